The molecule has 3 heterocycles. The first kappa shape index (κ1) is 29.0. The Hall–Kier alpha value is -3.55. The van der Waals surface area contributed by atoms with E-state index in [1.54, 1.807) is 28.9 Å². The molecule has 2 aromatic heterocycles. The summed E-state index contributed by atoms with van der Waals surface area (Å²) in [5.41, 5.74) is 0.643. The van der Waals surface area contributed by atoms with Gasteiger partial charge in [0.2, 0.25) is 15.8 Å². The van der Waals surface area contributed by atoms with Crippen LogP contribution in [0.3, 0.4) is 0 Å². The van der Waals surface area contributed by atoms with E-state index in [2.05, 4.69) is 20.1 Å². The second-order valence-corrected chi connectivity index (χ2v) is 12.7. The van der Waals surface area contributed by atoms with Gasteiger partial charge in [-0.05, 0) is 57.1 Å². The number of aromatic nitrogens is 4. The van der Waals surface area contributed by atoms with Gasteiger partial charge in [0.25, 0.3) is 5.89 Å². The van der Waals surface area contributed by atoms with Gasteiger partial charge >= 0.3 is 6.18 Å². The molecule has 0 saturated carbocycles. The topological polar surface area (TPSA) is 97.4 Å². The average Bonchev–Trinajstić information content (AvgIpc) is 3.56. The van der Waals surface area contributed by atoms with Crippen LogP contribution in [0, 0.1) is 6.92 Å². The molecule has 1 aliphatic heterocycles. The summed E-state index contributed by atoms with van der Waals surface area (Å²) < 4.78 is 75.2. The Morgan fingerprint density at radius 3 is 2.32 bits per heavy atom. The molecule has 0 atom stereocenters. The van der Waals surface area contributed by atoms with Crippen molar-refractivity contribution in [1.29, 1.82) is 0 Å². The third-order valence-corrected chi connectivity index (χ3v) is 9.43. The van der Waals surface area contributed by atoms with Crippen LogP contribution in [0.4, 0.5) is 13.2 Å². The zero-order valence-corrected chi connectivity index (χ0v) is 24.0. The molecule has 0 unspecified atom stereocenters. The monoisotopic (exact) mass is 588 g/mol. The molecule has 13 heteroatoms. The average molecular weight is 589 g/mol. The highest BCUT2D eigenvalue weighted by Crippen LogP contribution is 2.40. The first-order chi connectivity index (χ1) is 19.3. The molecule has 0 amide bonds. The summed E-state index contributed by atoms with van der Waals surface area (Å²) in [7, 11) is -1.63. The third kappa shape index (κ3) is 5.79. The summed E-state index contributed by atoms with van der Waals surface area (Å²) in [6.45, 7) is 6.74. The second-order valence-electron chi connectivity index (χ2n) is 10.8. The van der Waals surface area contributed by atoms with E-state index in [9.17, 15) is 21.6 Å². The largest absolute Gasteiger partial charge is 0.397 e. The predicted molar refractivity (Wildman–Crippen MR) is 147 cm³/mol. The summed E-state index contributed by atoms with van der Waals surface area (Å²) in [5.74, 6) is 0.387. The third-order valence-electron chi connectivity index (χ3n) is 7.53. The molecule has 2 aromatic carbocycles. The van der Waals surface area contributed by atoms with Gasteiger partial charge in [-0.15, -0.1) is 0 Å². The Bertz CT molecular complexity index is 1640. The normalized spacial score (nSPS) is 15.9. The van der Waals surface area contributed by atoms with Crippen molar-refractivity contribution in [1.82, 2.24) is 29.1 Å². The molecule has 5 rings (SSSR count). The molecule has 41 heavy (non-hydrogen) atoms. The molecule has 0 spiro atoms. The van der Waals surface area contributed by atoms with Crippen LogP contribution in [0.5, 0.6) is 0 Å². The minimum atomic E-state index is -4.38. The van der Waals surface area contributed by atoms with Gasteiger partial charge in [-0.3, -0.25) is 4.68 Å². The van der Waals surface area contributed by atoms with Gasteiger partial charge in [-0.1, -0.05) is 41.6 Å². The van der Waals surface area contributed by atoms with E-state index < -0.39 is 21.6 Å². The standard InChI is InChI=1S/C28H31F3N6O3S/c1-19-16-24(26-32-25(34-40-26)21-8-10-22(11-9-21)27(2,3)28(29,30)31)33-37(19)18-20-6-5-7-23(17-20)41(38,39)36-14-12-35(4)13-15-36/h5-11,16-17H,12-15,18H2,1-4H3. The Balaban J connectivity index is 1.32. The van der Waals surface area contributed by atoms with Crippen molar-refractivity contribution in [2.75, 3.05) is 33.2 Å². The number of alkyl halides is 3. The Morgan fingerprint density at radius 2 is 1.66 bits per heavy atom. The van der Waals surface area contributed by atoms with Crippen molar-refractivity contribution in [2.45, 2.75) is 43.8 Å². The van der Waals surface area contributed by atoms with E-state index in [1.807, 2.05) is 20.0 Å². The Labute approximate surface area is 236 Å². The summed E-state index contributed by atoms with van der Waals surface area (Å²) in [5, 5.41) is 8.56. The van der Waals surface area contributed by atoms with Crippen molar-refractivity contribution in [3.8, 4) is 23.0 Å². The highest BCUT2D eigenvalue weighted by atomic mass is 32.2. The van der Waals surface area contributed by atoms with Gasteiger partial charge in [-0.25, -0.2) is 8.42 Å². The molecule has 4 aromatic rings. The SMILES string of the molecule is Cc1cc(-c2nc(-c3ccc(C(C)(C)C(F)(F)F)cc3)no2)nn1Cc1cccc(S(=O)(=O)N2CCN(C)CC2)c1. The van der Waals surface area contributed by atoms with Gasteiger partial charge in [0.1, 0.15) is 0 Å². The molecular weight excluding hydrogens is 557 g/mol. The Morgan fingerprint density at radius 1 is 0.976 bits per heavy atom. The van der Waals surface area contributed by atoms with Crippen molar-refractivity contribution in [3.05, 3.63) is 71.4 Å². The van der Waals surface area contributed by atoms with E-state index in [-0.39, 0.29) is 22.2 Å². The molecule has 1 aliphatic rings. The quantitative estimate of drug-likeness (QED) is 0.308. The van der Waals surface area contributed by atoms with E-state index in [1.165, 1.54) is 28.6 Å². The van der Waals surface area contributed by atoms with E-state index in [0.717, 1.165) is 25.1 Å². The number of rotatable bonds is 7. The van der Waals surface area contributed by atoms with Crippen LogP contribution in [0.15, 0.2) is 64.0 Å². The maximum Gasteiger partial charge on any atom is 0.397 e. The number of hydrogen-bond acceptors (Lipinski definition) is 7. The maximum absolute atomic E-state index is 13.4. The number of likely N-dealkylation sites (N-methyl/N-ethyl adjacent to an activating group) is 1. The number of aryl methyl sites for hydroxylation is 1. The molecule has 218 valence electrons. The fraction of sp³-hybridized carbons (Fsp3) is 0.393. The highest BCUT2D eigenvalue weighted by molar-refractivity contribution is 7.89. The lowest BCUT2D eigenvalue weighted by molar-refractivity contribution is -0.180. The van der Waals surface area contributed by atoms with E-state index in [4.69, 9.17) is 4.52 Å². The predicted octanol–water partition coefficient (Wildman–Crippen LogP) is 4.73. The minimum absolute atomic E-state index is 0.132. The van der Waals surface area contributed by atoms with Gasteiger partial charge < -0.3 is 9.42 Å². The lowest BCUT2D eigenvalue weighted by atomic mass is 9.83. The molecule has 1 saturated heterocycles. The first-order valence-corrected chi connectivity index (χ1v) is 14.5. The van der Waals surface area contributed by atoms with Gasteiger partial charge in [0.15, 0.2) is 5.69 Å². The van der Waals surface area contributed by atoms with E-state index >= 15 is 0 Å². The lowest BCUT2D eigenvalue weighted by Crippen LogP contribution is -2.47. The summed E-state index contributed by atoms with van der Waals surface area (Å²) in [6.07, 6.45) is -4.38. The molecule has 0 aliphatic carbocycles. The molecule has 0 radical (unpaired) electrons. The number of sulfonamides is 1. The fourth-order valence-corrected chi connectivity index (χ4v) is 6.07. The summed E-state index contributed by atoms with van der Waals surface area (Å²) in [4.78, 5) is 6.74. The van der Waals surface area contributed by atoms with Gasteiger partial charge in [0, 0.05) is 37.4 Å². The zero-order chi connectivity index (χ0) is 29.6. The molecular formula is C28H31F3N6O3S. The fourth-order valence-electron chi connectivity index (χ4n) is 4.57. The van der Waals surface area contributed by atoms with Crippen molar-refractivity contribution in [3.63, 3.8) is 0 Å². The molecule has 0 N–H and O–H groups in total. The van der Waals surface area contributed by atoms with Crippen LogP contribution in [-0.4, -0.2) is 76.9 Å². The minimum Gasteiger partial charge on any atom is -0.332 e. The number of benzene rings is 2. The first-order valence-electron chi connectivity index (χ1n) is 13.1. The van der Waals surface area contributed by atoms with Crippen molar-refractivity contribution in [2.24, 2.45) is 0 Å². The lowest BCUT2D eigenvalue weighted by Gasteiger charge is -2.31. The van der Waals surface area contributed by atoms with Gasteiger partial charge in [0.05, 0.1) is 16.9 Å². The van der Waals surface area contributed by atoms with Crippen LogP contribution in [0.25, 0.3) is 23.0 Å². The zero-order valence-electron chi connectivity index (χ0n) is 23.2. The van der Waals surface area contributed by atoms with Crippen LogP contribution in [0.2, 0.25) is 0 Å². The van der Waals surface area contributed by atoms with Crippen molar-refractivity contribution < 1.29 is 26.1 Å². The van der Waals surface area contributed by atoms with Crippen molar-refractivity contribution >= 4 is 10.0 Å². The summed E-state index contributed by atoms with van der Waals surface area (Å²) >= 11 is 0. The summed E-state index contributed by atoms with van der Waals surface area (Å²) in [6, 6.07) is 14.5. The van der Waals surface area contributed by atoms with E-state index in [0.29, 0.717) is 44.0 Å². The molecule has 9 nitrogen and oxygen atoms in total. The smallest absolute Gasteiger partial charge is 0.332 e. The second kappa shape index (κ2) is 10.7. The molecule has 1 fully saturated rings. The number of hydrogen-bond donors (Lipinski definition) is 0. The number of piperazine rings is 1. The number of halogens is 3. The Kier molecular flexibility index (Phi) is 7.55. The van der Waals surface area contributed by atoms with Crippen LogP contribution in [-0.2, 0) is 22.0 Å². The van der Waals surface area contributed by atoms with Gasteiger partial charge in [-0.2, -0.15) is 27.6 Å². The van der Waals surface area contributed by atoms with Crippen LogP contribution >= 0.6 is 0 Å². The highest BCUT2D eigenvalue weighted by Gasteiger charge is 2.48. The van der Waals surface area contributed by atoms with Crippen LogP contribution < -0.4 is 0 Å². The molecule has 0 bridgehead atoms. The number of nitrogens with zero attached hydrogens (tertiary/aromatic N) is 6. The maximum atomic E-state index is 13.4. The van der Waals surface area contributed by atoms with Crippen LogP contribution in [0.1, 0.15) is 30.7 Å².